The standard InChI is InChI=1S/C42H50ClN7O4S/c1-4-6-17-48(18-7-5-2)42(53)39-38(43)28(3)50(45-39)35-13-12-31(24-33(35)41(52)49-19-15-29-10-8-9-11-32(29)27-49)40(51)46-55-37-26-34-30(14-16-44-34)25-36(37)47-20-22-54-23-21-47/h8-13,24-26,44H,4-7,14-23,27H2,1-3H3,(H,46,51). The smallest absolute Gasteiger partial charge is 0.275 e. The minimum absolute atomic E-state index is 0.162. The lowest BCUT2D eigenvalue weighted by atomic mass is 9.98. The van der Waals surface area contributed by atoms with E-state index in [-0.39, 0.29) is 28.4 Å². The molecule has 1 saturated heterocycles. The molecular formula is C42H50ClN7O4S. The Kier molecular flexibility index (Phi) is 12.3. The number of rotatable bonds is 13. The zero-order valence-corrected chi connectivity index (χ0v) is 33.5. The van der Waals surface area contributed by atoms with Gasteiger partial charge in [0, 0.05) is 57.1 Å². The van der Waals surface area contributed by atoms with Gasteiger partial charge in [0.1, 0.15) is 0 Å². The van der Waals surface area contributed by atoms with E-state index in [1.807, 2.05) is 21.9 Å². The zero-order valence-electron chi connectivity index (χ0n) is 32.0. The topological polar surface area (TPSA) is 112 Å². The average molecular weight is 784 g/mol. The van der Waals surface area contributed by atoms with Crippen molar-refractivity contribution in [1.82, 2.24) is 24.3 Å². The van der Waals surface area contributed by atoms with Crippen molar-refractivity contribution in [3.63, 3.8) is 0 Å². The SMILES string of the molecule is CCCCN(CCCC)C(=O)c1nn(-c2ccc(C(=O)NSc3cc4c(cc3N3CCOCC3)CCN4)cc2C(=O)N2CCc3ccccc3C2)c(C)c1Cl. The molecule has 1 fully saturated rings. The Balaban J connectivity index is 1.21. The van der Waals surface area contributed by atoms with Crippen molar-refractivity contribution >= 4 is 52.6 Å². The Morgan fingerprint density at radius 3 is 2.42 bits per heavy atom. The van der Waals surface area contributed by atoms with Crippen molar-refractivity contribution in [3.05, 3.63) is 98.8 Å². The molecular weight excluding hydrogens is 734 g/mol. The zero-order chi connectivity index (χ0) is 38.5. The molecule has 7 rings (SSSR count). The van der Waals surface area contributed by atoms with Crippen LogP contribution >= 0.6 is 23.5 Å². The number of unbranched alkanes of at least 4 members (excludes halogenated alkanes) is 2. The van der Waals surface area contributed by atoms with Gasteiger partial charge in [0.25, 0.3) is 17.7 Å². The third-order valence-corrected chi connectivity index (χ3v) is 12.0. The summed E-state index contributed by atoms with van der Waals surface area (Å²) >= 11 is 8.16. The van der Waals surface area contributed by atoms with Gasteiger partial charge < -0.3 is 24.8 Å². The minimum Gasteiger partial charge on any atom is -0.384 e. The molecule has 0 bridgehead atoms. The molecule has 11 nitrogen and oxygen atoms in total. The number of hydrogen-bond acceptors (Lipinski definition) is 8. The van der Waals surface area contributed by atoms with E-state index in [2.05, 4.69) is 53.1 Å². The summed E-state index contributed by atoms with van der Waals surface area (Å²) in [5.41, 5.74) is 7.56. The molecule has 2 N–H and O–H groups in total. The number of nitrogens with zero attached hydrogens (tertiary/aromatic N) is 5. The van der Waals surface area contributed by atoms with E-state index in [9.17, 15) is 14.4 Å². The quantitative estimate of drug-likeness (QED) is 0.136. The normalized spacial score (nSPS) is 15.0. The van der Waals surface area contributed by atoms with Crippen LogP contribution in [0, 0.1) is 6.92 Å². The molecule has 4 heterocycles. The van der Waals surface area contributed by atoms with E-state index in [0.29, 0.717) is 61.9 Å². The fourth-order valence-corrected chi connectivity index (χ4v) is 8.49. The third-order valence-electron chi connectivity index (χ3n) is 10.7. The summed E-state index contributed by atoms with van der Waals surface area (Å²) in [6.45, 7) is 12.0. The van der Waals surface area contributed by atoms with Crippen molar-refractivity contribution in [2.24, 2.45) is 0 Å². The summed E-state index contributed by atoms with van der Waals surface area (Å²) in [4.78, 5) is 49.3. The number of aromatic nitrogens is 2. The highest BCUT2D eigenvalue weighted by molar-refractivity contribution is 7.98. The molecule has 0 aliphatic carbocycles. The molecule has 3 aliphatic rings. The van der Waals surface area contributed by atoms with Gasteiger partial charge in [-0.05, 0) is 91.6 Å². The number of carbonyl (C=O) groups is 3. The number of morpholine rings is 1. The van der Waals surface area contributed by atoms with E-state index >= 15 is 0 Å². The third kappa shape index (κ3) is 8.36. The molecule has 3 aliphatic heterocycles. The highest BCUT2D eigenvalue weighted by Crippen LogP contribution is 2.37. The van der Waals surface area contributed by atoms with Crippen LogP contribution in [0.5, 0.6) is 0 Å². The molecule has 290 valence electrons. The van der Waals surface area contributed by atoms with Gasteiger partial charge >= 0.3 is 0 Å². The second-order valence-electron chi connectivity index (χ2n) is 14.4. The van der Waals surface area contributed by atoms with Crippen molar-refractivity contribution in [2.75, 3.05) is 62.7 Å². The van der Waals surface area contributed by atoms with Gasteiger partial charge in [0.2, 0.25) is 0 Å². The van der Waals surface area contributed by atoms with Gasteiger partial charge in [0.15, 0.2) is 5.69 Å². The van der Waals surface area contributed by atoms with Crippen LogP contribution in [0.2, 0.25) is 5.02 Å². The van der Waals surface area contributed by atoms with Crippen LogP contribution in [0.1, 0.15) is 93.1 Å². The summed E-state index contributed by atoms with van der Waals surface area (Å²) in [5.74, 6) is -0.775. The van der Waals surface area contributed by atoms with E-state index < -0.39 is 0 Å². The first-order chi connectivity index (χ1) is 26.8. The van der Waals surface area contributed by atoms with Crippen LogP contribution in [-0.4, -0.2) is 89.8 Å². The molecule has 55 heavy (non-hydrogen) atoms. The van der Waals surface area contributed by atoms with Gasteiger partial charge in [-0.1, -0.05) is 62.6 Å². The minimum atomic E-state index is -0.329. The first-order valence-corrected chi connectivity index (χ1v) is 20.7. The van der Waals surface area contributed by atoms with Crippen molar-refractivity contribution in [2.45, 2.75) is 70.7 Å². The molecule has 0 spiro atoms. The number of benzene rings is 3. The Labute approximate surface area is 332 Å². The number of halogens is 1. The second-order valence-corrected chi connectivity index (χ2v) is 15.6. The van der Waals surface area contributed by atoms with Crippen LogP contribution in [0.15, 0.2) is 59.5 Å². The van der Waals surface area contributed by atoms with Crippen LogP contribution in [0.3, 0.4) is 0 Å². The molecule has 4 aromatic rings. The van der Waals surface area contributed by atoms with Crippen LogP contribution < -0.4 is 14.9 Å². The van der Waals surface area contributed by atoms with Gasteiger partial charge in [0.05, 0.1) is 45.8 Å². The number of fused-ring (bicyclic) bond motifs is 2. The van der Waals surface area contributed by atoms with Gasteiger partial charge in [-0.2, -0.15) is 5.10 Å². The second kappa shape index (κ2) is 17.5. The van der Waals surface area contributed by atoms with Gasteiger partial charge in [-0.25, -0.2) is 4.68 Å². The Hall–Kier alpha value is -4.52. The maximum Gasteiger partial charge on any atom is 0.275 e. The number of nitrogens with one attached hydrogen (secondary N) is 2. The van der Waals surface area contributed by atoms with Crippen LogP contribution in [0.25, 0.3) is 5.69 Å². The summed E-state index contributed by atoms with van der Waals surface area (Å²) in [5, 5.41) is 8.49. The maximum atomic E-state index is 14.6. The lowest BCUT2D eigenvalue weighted by Crippen LogP contribution is -2.37. The summed E-state index contributed by atoms with van der Waals surface area (Å²) in [6.07, 6.45) is 5.37. The van der Waals surface area contributed by atoms with Crippen LogP contribution in [-0.2, 0) is 24.1 Å². The number of anilines is 2. The molecule has 13 heteroatoms. The summed E-state index contributed by atoms with van der Waals surface area (Å²) < 4.78 is 10.3. The lowest BCUT2D eigenvalue weighted by Gasteiger charge is -2.31. The Morgan fingerprint density at radius 1 is 0.927 bits per heavy atom. The molecule has 3 aromatic carbocycles. The predicted molar refractivity (Wildman–Crippen MR) is 219 cm³/mol. The largest absolute Gasteiger partial charge is 0.384 e. The monoisotopic (exact) mass is 783 g/mol. The molecule has 1 aromatic heterocycles. The molecule has 0 radical (unpaired) electrons. The van der Waals surface area contributed by atoms with Crippen molar-refractivity contribution in [3.8, 4) is 5.69 Å². The van der Waals surface area contributed by atoms with Crippen molar-refractivity contribution < 1.29 is 19.1 Å². The molecule has 0 unspecified atom stereocenters. The fraction of sp³-hybridized carbons (Fsp3) is 0.429. The summed E-state index contributed by atoms with van der Waals surface area (Å²) in [7, 11) is 0. The maximum absolute atomic E-state index is 14.6. The van der Waals surface area contributed by atoms with E-state index in [1.165, 1.54) is 23.1 Å². The number of amides is 3. The van der Waals surface area contributed by atoms with E-state index in [4.69, 9.17) is 21.4 Å². The first-order valence-electron chi connectivity index (χ1n) is 19.5. The fourth-order valence-electron chi connectivity index (χ4n) is 7.50. The van der Waals surface area contributed by atoms with Gasteiger partial charge in [-0.3, -0.25) is 19.1 Å². The number of hydrogen-bond donors (Lipinski definition) is 2. The Bertz CT molecular complexity index is 2060. The first kappa shape index (κ1) is 38.7. The molecule has 0 saturated carbocycles. The number of carbonyl (C=O) groups excluding carboxylic acids is 3. The molecule has 0 atom stereocenters. The Morgan fingerprint density at radius 2 is 1.67 bits per heavy atom. The average Bonchev–Trinajstić information content (AvgIpc) is 3.81. The summed E-state index contributed by atoms with van der Waals surface area (Å²) in [6, 6.07) is 17.6. The van der Waals surface area contributed by atoms with Crippen molar-refractivity contribution in [1.29, 1.82) is 0 Å². The van der Waals surface area contributed by atoms with Gasteiger partial charge in [-0.15, -0.1) is 0 Å². The highest BCUT2D eigenvalue weighted by Gasteiger charge is 2.30. The predicted octanol–water partition coefficient (Wildman–Crippen LogP) is 7.32. The van der Waals surface area contributed by atoms with E-state index in [1.54, 1.807) is 29.8 Å². The van der Waals surface area contributed by atoms with E-state index in [0.717, 1.165) is 80.0 Å². The molecule has 3 amide bonds. The van der Waals surface area contributed by atoms with Crippen LogP contribution in [0.4, 0.5) is 11.4 Å². The number of ether oxygens (including phenoxy) is 1. The highest BCUT2D eigenvalue weighted by atomic mass is 35.5. The lowest BCUT2D eigenvalue weighted by molar-refractivity contribution is 0.0732.